The van der Waals surface area contributed by atoms with Gasteiger partial charge in [0.2, 0.25) is 12.6 Å². The van der Waals surface area contributed by atoms with Crippen molar-refractivity contribution < 1.29 is 51.5 Å². The zero-order valence-corrected chi connectivity index (χ0v) is 49.0. The number of hydrogen-bond donors (Lipinski definition) is 4. The largest absolute Gasteiger partial charge is 0.493 e. The normalized spacial score (nSPS) is 15.4. The predicted molar refractivity (Wildman–Crippen MR) is 316 cm³/mol. The van der Waals surface area contributed by atoms with Crippen molar-refractivity contribution in [3.8, 4) is 5.75 Å². The third-order valence-electron chi connectivity index (χ3n) is 13.0. The van der Waals surface area contributed by atoms with Crippen LogP contribution in [0.5, 0.6) is 5.75 Å². The Labute approximate surface area is 494 Å². The molecule has 82 heavy (non-hydrogen) atoms. The van der Waals surface area contributed by atoms with Gasteiger partial charge in [-0.3, -0.25) is 38.4 Å². The van der Waals surface area contributed by atoms with Gasteiger partial charge in [-0.05, 0) is 117 Å². The van der Waals surface area contributed by atoms with Crippen LogP contribution < -0.4 is 35.9 Å². The number of ether oxygens (including phenoxy) is 2. The minimum Gasteiger partial charge on any atom is -0.493 e. The molecule has 3 aliphatic heterocycles. The lowest BCUT2D eigenvalue weighted by molar-refractivity contribution is -0.146. The molecule has 3 heterocycles. The molecule has 1 saturated heterocycles. The number of rotatable bonds is 17. The summed E-state index contributed by atoms with van der Waals surface area (Å²) >= 11 is 24.4. The van der Waals surface area contributed by atoms with E-state index in [-0.39, 0.29) is 55.9 Å². The van der Waals surface area contributed by atoms with Crippen molar-refractivity contribution in [2.75, 3.05) is 52.6 Å². The van der Waals surface area contributed by atoms with Gasteiger partial charge in [0.05, 0.1) is 44.4 Å². The van der Waals surface area contributed by atoms with Crippen LogP contribution in [0.15, 0.2) is 131 Å². The number of likely N-dealkylation sites (N-methyl/N-ethyl adjacent to an activating group) is 1. The highest BCUT2D eigenvalue weighted by atomic mass is 35.5. The van der Waals surface area contributed by atoms with Gasteiger partial charge in [-0.2, -0.15) is 10.1 Å². The van der Waals surface area contributed by atoms with Crippen LogP contribution in [0.25, 0.3) is 0 Å². The molecule has 3 aliphatic rings. The predicted octanol–water partition coefficient (Wildman–Crippen LogP) is 10.2. The number of benzene rings is 6. The number of amides is 7. The second kappa shape index (κ2) is 27.4. The molecule has 25 heteroatoms. The lowest BCUT2D eigenvalue weighted by atomic mass is 10.0. The summed E-state index contributed by atoms with van der Waals surface area (Å²) < 4.78 is 39.5. The Kier molecular flexibility index (Phi) is 20.8. The van der Waals surface area contributed by atoms with Crippen molar-refractivity contribution in [1.29, 1.82) is 0 Å². The fraction of sp³-hybridized carbons (Fsp3) is 0.246. The molecular formula is C57H57Cl4N9O11S. The molecule has 3 unspecified atom stereocenters. The lowest BCUT2D eigenvalue weighted by Gasteiger charge is -2.28. The number of aryl methyl sites for hydroxylation is 3. The van der Waals surface area contributed by atoms with E-state index in [1.165, 1.54) is 72.6 Å². The van der Waals surface area contributed by atoms with E-state index >= 15 is 0 Å². The molecule has 9 rings (SSSR count). The number of fused-ring (bicyclic) bond motifs is 1. The molecule has 0 spiro atoms. The summed E-state index contributed by atoms with van der Waals surface area (Å²) in [5, 5.41) is 11.4. The number of urea groups is 1. The number of nitrogens with zero attached hydrogens (tertiary/aromatic N) is 5. The zero-order valence-electron chi connectivity index (χ0n) is 45.1. The highest BCUT2D eigenvalue weighted by Gasteiger charge is 2.53. The first kappa shape index (κ1) is 62.0. The van der Waals surface area contributed by atoms with Crippen LogP contribution in [0.4, 0.5) is 33.2 Å². The van der Waals surface area contributed by atoms with Crippen LogP contribution in [0, 0.1) is 20.8 Å². The third-order valence-corrected chi connectivity index (χ3v) is 15.4. The highest BCUT2D eigenvalue weighted by Crippen LogP contribution is 2.40. The third kappa shape index (κ3) is 14.2. The van der Waals surface area contributed by atoms with E-state index < -0.39 is 52.1 Å². The summed E-state index contributed by atoms with van der Waals surface area (Å²) in [5.74, 6) is 3.44. The molecular weight excluding hydrogens is 1160 g/mol. The van der Waals surface area contributed by atoms with Gasteiger partial charge in [0.1, 0.15) is 17.5 Å². The van der Waals surface area contributed by atoms with E-state index in [1.807, 2.05) is 18.2 Å². The number of hydrazone groups is 1. The molecule has 430 valence electrons. The minimum absolute atomic E-state index is 0.0392. The van der Waals surface area contributed by atoms with E-state index in [0.717, 1.165) is 34.2 Å². The molecule has 1 fully saturated rings. The number of nitrogens with two attached hydrogens (primary N) is 1. The molecule has 6 aromatic rings. The van der Waals surface area contributed by atoms with Crippen molar-refractivity contribution in [3.05, 3.63) is 169 Å². The van der Waals surface area contributed by atoms with Gasteiger partial charge in [-0.15, -0.1) is 0 Å². The summed E-state index contributed by atoms with van der Waals surface area (Å²) in [7, 11) is -1.59. The first-order valence-electron chi connectivity index (χ1n) is 25.2. The van der Waals surface area contributed by atoms with E-state index in [4.69, 9.17) is 66.6 Å². The number of para-hydroxylation sites is 2. The van der Waals surface area contributed by atoms with E-state index in [9.17, 15) is 37.2 Å². The second-order valence-corrected chi connectivity index (χ2v) is 22.1. The minimum atomic E-state index is -4.15. The first-order chi connectivity index (χ1) is 39.1. The Morgan fingerprint density at radius 2 is 1.55 bits per heavy atom. The number of imide groups is 1. The second-order valence-electron chi connectivity index (χ2n) is 18.7. The Morgan fingerprint density at radius 1 is 0.841 bits per heavy atom. The first-order valence-corrected chi connectivity index (χ1v) is 28.2. The molecule has 0 bridgehead atoms. The van der Waals surface area contributed by atoms with Crippen LogP contribution >= 0.6 is 46.4 Å². The average Bonchev–Trinajstić information content (AvgIpc) is 4.27. The maximum atomic E-state index is 14.0. The number of halogens is 4. The fourth-order valence-corrected chi connectivity index (χ4v) is 11.3. The van der Waals surface area contributed by atoms with Gasteiger partial charge in [0.15, 0.2) is 6.04 Å². The number of carbonyl (C=O) groups excluding carboxylic acids is 6. The maximum absolute atomic E-state index is 14.0. The zero-order chi connectivity index (χ0) is 59.6. The standard InChI is InChI=1S/C29H28ClN5O7S.C17H13Cl3N4O3.C11H16O/c1-17-12-13-19(43(40,41)32-21-10-6-5-9-20(21)30)16-22(17)31-25(36)24(35-27(38)28(42-3)33(2)29(35)39)26(37)34-15-14-18-8-4-7-11-23(18)34;18-10-5-12(19)16(13(20)6-10)24-15(26)7-14(23-24)17(27-21)9-2-1-3-11(4-9)22-8-25;1-4-7-12-11-6-5-9(2)8-10(11)3/h4-13,16,24,28,32H,14-15H2,1-3H3,(H,31,36);1-6,8,17H,7,21H2,(H,22,25);5-6,8H,4,7H2,1-3H3. The number of anilines is 5. The monoisotopic (exact) mass is 1220 g/mol. The van der Waals surface area contributed by atoms with Gasteiger partial charge in [-0.25, -0.2) is 24.0 Å². The lowest BCUT2D eigenvalue weighted by Crippen LogP contribution is -2.57. The Hall–Kier alpha value is -7.60. The number of sulfonamides is 1. The van der Waals surface area contributed by atoms with E-state index in [0.29, 0.717) is 51.0 Å². The van der Waals surface area contributed by atoms with Crippen LogP contribution in [-0.2, 0) is 50.0 Å². The number of methoxy groups -OCH3 is 1. The molecule has 6 aromatic carbocycles. The van der Waals surface area contributed by atoms with Crippen molar-refractivity contribution in [2.24, 2.45) is 11.0 Å². The highest BCUT2D eigenvalue weighted by molar-refractivity contribution is 7.92. The van der Waals surface area contributed by atoms with Gasteiger partial charge >= 0.3 is 6.03 Å². The Bertz CT molecular complexity index is 3550. The van der Waals surface area contributed by atoms with Crippen LogP contribution in [0.2, 0.25) is 20.1 Å². The Morgan fingerprint density at radius 3 is 2.21 bits per heavy atom. The van der Waals surface area contributed by atoms with Gasteiger partial charge in [-0.1, -0.05) is 120 Å². The van der Waals surface area contributed by atoms with Crippen molar-refractivity contribution in [1.82, 2.24) is 9.80 Å². The van der Waals surface area contributed by atoms with Gasteiger partial charge in [0.25, 0.3) is 33.7 Å². The number of hydrogen-bond acceptors (Lipinski definition) is 13. The molecule has 0 aliphatic carbocycles. The van der Waals surface area contributed by atoms with Gasteiger partial charge in [0, 0.05) is 42.8 Å². The molecule has 20 nitrogen and oxygen atoms in total. The topological polar surface area (TPSA) is 252 Å². The van der Waals surface area contributed by atoms with Crippen molar-refractivity contribution in [3.63, 3.8) is 0 Å². The molecule has 0 radical (unpaired) electrons. The van der Waals surface area contributed by atoms with E-state index in [2.05, 4.69) is 53.4 Å². The number of nitrogens with one attached hydrogen (secondary N) is 3. The summed E-state index contributed by atoms with van der Waals surface area (Å²) in [6.07, 6.45) is -0.0171. The number of carbonyl (C=O) groups is 6. The molecule has 5 N–H and O–H groups in total. The van der Waals surface area contributed by atoms with Crippen LogP contribution in [0.3, 0.4) is 0 Å². The van der Waals surface area contributed by atoms with Crippen LogP contribution in [0.1, 0.15) is 53.7 Å². The maximum Gasteiger partial charge on any atom is 0.330 e. The molecule has 3 atom stereocenters. The smallest absolute Gasteiger partial charge is 0.330 e. The molecule has 7 amide bonds. The summed E-state index contributed by atoms with van der Waals surface area (Å²) in [5.41, 5.74) is 6.41. The van der Waals surface area contributed by atoms with Crippen molar-refractivity contribution >= 4 is 127 Å². The Balaban J connectivity index is 0.000000209. The molecule has 0 saturated carbocycles. The fourth-order valence-electron chi connectivity index (χ4n) is 8.94. The summed E-state index contributed by atoms with van der Waals surface area (Å²) in [6.45, 7) is 8.96. The average molecular weight is 1220 g/mol. The van der Waals surface area contributed by atoms with E-state index in [1.54, 1.807) is 55.5 Å². The van der Waals surface area contributed by atoms with Gasteiger partial charge < -0.3 is 25.0 Å². The summed E-state index contributed by atoms with van der Waals surface area (Å²) in [6, 6.07) is 30.7. The SMILES string of the molecule is CCCOc1ccc(C)cc1C.COC1C(=O)N(C(C(=O)Nc2cc(S(=O)(=O)Nc3ccccc3Cl)ccc2C)C(=O)N2CCc3ccccc32)C(=O)N1C.NOC(C1=NN(c2c(Cl)cc(Cl)cc2Cl)C(=O)C1)c1cccc(NC=O)c1. The van der Waals surface area contributed by atoms with Crippen LogP contribution in [-0.4, -0.2) is 99.6 Å². The van der Waals surface area contributed by atoms with Crippen molar-refractivity contribution in [2.45, 2.75) is 70.2 Å². The summed E-state index contributed by atoms with van der Waals surface area (Å²) in [4.78, 5) is 85.3. The quantitative estimate of drug-likeness (QED) is 0.0288. The molecule has 0 aromatic heterocycles.